The normalized spacial score (nSPS) is 12.6. The maximum absolute atomic E-state index is 12.9. The van der Waals surface area contributed by atoms with E-state index in [2.05, 4.69) is 15.7 Å². The lowest BCUT2D eigenvalue weighted by Crippen LogP contribution is -2.42. The van der Waals surface area contributed by atoms with Crippen molar-refractivity contribution in [3.63, 3.8) is 0 Å². The first-order valence-corrected chi connectivity index (χ1v) is 9.19. The van der Waals surface area contributed by atoms with Gasteiger partial charge < -0.3 is 20.7 Å². The summed E-state index contributed by atoms with van der Waals surface area (Å²) in [7, 11) is 0. The van der Waals surface area contributed by atoms with Gasteiger partial charge in [-0.05, 0) is 41.3 Å². The van der Waals surface area contributed by atoms with Gasteiger partial charge in [-0.2, -0.15) is 4.68 Å². The first-order valence-electron chi connectivity index (χ1n) is 9.19. The minimum Gasteiger partial charge on any atom is -0.358 e. The average molecular weight is 420 g/mol. The van der Waals surface area contributed by atoms with E-state index in [0.717, 1.165) is 4.68 Å². The lowest BCUT2D eigenvalue weighted by molar-refractivity contribution is -0.389. The van der Waals surface area contributed by atoms with Crippen LogP contribution in [0.1, 0.15) is 10.4 Å². The van der Waals surface area contributed by atoms with Gasteiger partial charge in [0.15, 0.2) is 0 Å². The summed E-state index contributed by atoms with van der Waals surface area (Å²) in [4.78, 5) is 48.4. The molecule has 11 nitrogen and oxygen atoms in total. The van der Waals surface area contributed by atoms with E-state index >= 15 is 0 Å². The smallest absolute Gasteiger partial charge is 0.358 e. The lowest BCUT2D eigenvalue weighted by atomic mass is 10.1. The summed E-state index contributed by atoms with van der Waals surface area (Å²) < 4.78 is 1.16. The van der Waals surface area contributed by atoms with Crippen LogP contribution < -0.4 is 15.5 Å². The minimum absolute atomic E-state index is 0.0929. The van der Waals surface area contributed by atoms with Gasteiger partial charge in [0.2, 0.25) is 11.8 Å². The second-order valence-corrected chi connectivity index (χ2v) is 6.71. The van der Waals surface area contributed by atoms with Gasteiger partial charge in [-0.1, -0.05) is 12.1 Å². The van der Waals surface area contributed by atoms with Crippen molar-refractivity contribution in [2.45, 2.75) is 6.54 Å². The zero-order chi connectivity index (χ0) is 22.0. The standard InChI is InChI=1S/C20H16N6O5/c27-18(11-24-10-9-17(23-24)26(30)31)21-14-7-5-13(6-8-14)20(29)25-12-19(28)22-15-3-1-2-4-16(15)25/h1-10H,11-12H2,(H,21,27)(H,22,28). The van der Waals surface area contributed by atoms with E-state index in [1.54, 1.807) is 48.5 Å². The molecule has 0 spiro atoms. The summed E-state index contributed by atoms with van der Waals surface area (Å²) in [5, 5.41) is 19.7. The number of para-hydroxylation sites is 2. The lowest BCUT2D eigenvalue weighted by Gasteiger charge is -2.29. The summed E-state index contributed by atoms with van der Waals surface area (Å²) in [5.41, 5.74) is 1.97. The number of carbonyl (C=O) groups excluding carboxylic acids is 3. The average Bonchev–Trinajstić information content (AvgIpc) is 3.22. The van der Waals surface area contributed by atoms with E-state index in [9.17, 15) is 24.5 Å². The van der Waals surface area contributed by atoms with E-state index in [0.29, 0.717) is 22.6 Å². The van der Waals surface area contributed by atoms with Crippen LogP contribution in [0.5, 0.6) is 0 Å². The molecular weight excluding hydrogens is 404 g/mol. The predicted molar refractivity (Wildman–Crippen MR) is 111 cm³/mol. The first-order chi connectivity index (χ1) is 14.9. The number of amides is 3. The molecule has 31 heavy (non-hydrogen) atoms. The predicted octanol–water partition coefficient (Wildman–Crippen LogP) is 2.03. The topological polar surface area (TPSA) is 139 Å². The molecule has 1 aliphatic rings. The molecule has 11 heteroatoms. The third-order valence-corrected chi connectivity index (χ3v) is 4.55. The molecule has 0 unspecified atom stereocenters. The van der Waals surface area contributed by atoms with Crippen LogP contribution in [0, 0.1) is 10.1 Å². The zero-order valence-electron chi connectivity index (χ0n) is 16.0. The molecule has 1 aromatic heterocycles. The molecule has 0 aliphatic carbocycles. The number of benzene rings is 2. The van der Waals surface area contributed by atoms with Crippen molar-refractivity contribution in [3.8, 4) is 0 Å². The highest BCUT2D eigenvalue weighted by Gasteiger charge is 2.27. The molecule has 0 atom stereocenters. The van der Waals surface area contributed by atoms with Crippen molar-refractivity contribution in [1.29, 1.82) is 0 Å². The molecular formula is C20H16N6O5. The maximum atomic E-state index is 12.9. The second kappa shape index (κ2) is 8.06. The Hall–Kier alpha value is -4.54. The van der Waals surface area contributed by atoms with Crippen LogP contribution in [0.2, 0.25) is 0 Å². The summed E-state index contributed by atoms with van der Waals surface area (Å²) >= 11 is 0. The highest BCUT2D eigenvalue weighted by Crippen LogP contribution is 2.30. The van der Waals surface area contributed by atoms with Gasteiger partial charge >= 0.3 is 5.82 Å². The van der Waals surface area contributed by atoms with Crippen LogP contribution in [0.4, 0.5) is 22.9 Å². The maximum Gasteiger partial charge on any atom is 0.389 e. The van der Waals surface area contributed by atoms with E-state index in [1.165, 1.54) is 17.2 Å². The molecule has 0 saturated carbocycles. The van der Waals surface area contributed by atoms with Crippen molar-refractivity contribution < 1.29 is 19.3 Å². The number of fused-ring (bicyclic) bond motifs is 1. The molecule has 3 aromatic rings. The Bertz CT molecular complexity index is 1190. The van der Waals surface area contributed by atoms with Gasteiger partial charge in [-0.3, -0.25) is 19.3 Å². The van der Waals surface area contributed by atoms with Gasteiger partial charge in [-0.25, -0.2) is 0 Å². The molecule has 0 bridgehead atoms. The van der Waals surface area contributed by atoms with Crippen molar-refractivity contribution in [2.24, 2.45) is 0 Å². The molecule has 2 aromatic carbocycles. The quantitative estimate of drug-likeness (QED) is 0.478. The summed E-state index contributed by atoms with van der Waals surface area (Å²) in [6.45, 7) is -0.293. The third-order valence-electron chi connectivity index (χ3n) is 4.55. The van der Waals surface area contributed by atoms with E-state index in [-0.39, 0.29) is 30.7 Å². The number of aromatic nitrogens is 2. The molecule has 0 saturated heterocycles. The summed E-state index contributed by atoms with van der Waals surface area (Å²) in [6, 6.07) is 14.4. The molecule has 4 rings (SSSR count). The molecule has 1 aliphatic heterocycles. The Kier molecular flexibility index (Phi) is 5.14. The van der Waals surface area contributed by atoms with Crippen LogP contribution in [0.3, 0.4) is 0 Å². The molecule has 0 fully saturated rings. The fourth-order valence-corrected chi connectivity index (χ4v) is 3.15. The van der Waals surface area contributed by atoms with E-state index in [1.807, 2.05) is 0 Å². The highest BCUT2D eigenvalue weighted by atomic mass is 16.6. The van der Waals surface area contributed by atoms with Crippen molar-refractivity contribution >= 4 is 40.6 Å². The fourth-order valence-electron chi connectivity index (χ4n) is 3.15. The number of nitrogens with zero attached hydrogens (tertiary/aromatic N) is 4. The van der Waals surface area contributed by atoms with Gasteiger partial charge in [0.05, 0.1) is 28.7 Å². The number of nitro groups is 1. The SMILES string of the molecule is O=C(Cn1ccc([N+](=O)[O-])n1)Nc1ccc(C(=O)N2CC(=O)Nc3ccccc32)cc1. The van der Waals surface area contributed by atoms with Crippen molar-refractivity contribution in [2.75, 3.05) is 22.1 Å². The Morgan fingerprint density at radius 3 is 2.58 bits per heavy atom. The number of hydrogen-bond donors (Lipinski definition) is 2. The number of rotatable bonds is 5. The van der Waals surface area contributed by atoms with Gasteiger partial charge in [-0.15, -0.1) is 0 Å². The highest BCUT2D eigenvalue weighted by molar-refractivity contribution is 6.15. The fraction of sp³-hybridized carbons (Fsp3) is 0.100. The van der Waals surface area contributed by atoms with Crippen LogP contribution >= 0.6 is 0 Å². The largest absolute Gasteiger partial charge is 0.389 e. The van der Waals surface area contributed by atoms with Crippen LogP contribution in [0.15, 0.2) is 60.8 Å². The molecule has 2 N–H and O–H groups in total. The Balaban J connectivity index is 1.43. The molecule has 2 heterocycles. The van der Waals surface area contributed by atoms with Crippen molar-refractivity contribution in [3.05, 3.63) is 76.5 Å². The Morgan fingerprint density at radius 1 is 1.13 bits per heavy atom. The minimum atomic E-state index is -0.644. The van der Waals surface area contributed by atoms with Crippen LogP contribution in [-0.2, 0) is 16.1 Å². The molecule has 0 radical (unpaired) electrons. The Morgan fingerprint density at radius 2 is 1.87 bits per heavy atom. The van der Waals surface area contributed by atoms with Gasteiger partial charge in [0.1, 0.15) is 13.1 Å². The van der Waals surface area contributed by atoms with E-state index < -0.39 is 10.8 Å². The summed E-state index contributed by atoms with van der Waals surface area (Å²) in [6.07, 6.45) is 1.34. The molecule has 156 valence electrons. The van der Waals surface area contributed by atoms with Crippen molar-refractivity contribution in [1.82, 2.24) is 9.78 Å². The first kappa shape index (κ1) is 19.8. The monoisotopic (exact) mass is 420 g/mol. The van der Waals surface area contributed by atoms with Crippen LogP contribution in [-0.4, -0.2) is 39.0 Å². The number of anilines is 3. The zero-order valence-corrected chi connectivity index (χ0v) is 16.0. The summed E-state index contributed by atoms with van der Waals surface area (Å²) in [5.74, 6) is -1.40. The van der Waals surface area contributed by atoms with Gasteiger partial charge in [0, 0.05) is 11.3 Å². The number of hydrogen-bond acceptors (Lipinski definition) is 6. The molecule has 3 amide bonds. The van der Waals surface area contributed by atoms with Crippen LogP contribution in [0.25, 0.3) is 0 Å². The number of carbonyl (C=O) groups is 3. The third kappa shape index (κ3) is 4.24. The Labute approximate surface area is 175 Å². The van der Waals surface area contributed by atoms with E-state index in [4.69, 9.17) is 0 Å². The second-order valence-electron chi connectivity index (χ2n) is 6.71. The van der Waals surface area contributed by atoms with Gasteiger partial charge in [0.25, 0.3) is 5.91 Å². The number of nitrogens with one attached hydrogen (secondary N) is 2.